The summed E-state index contributed by atoms with van der Waals surface area (Å²) in [7, 11) is 0. The van der Waals surface area contributed by atoms with E-state index in [0.717, 1.165) is 0 Å². The molecule has 0 saturated heterocycles. The number of aliphatic hydroxyl groups excluding tert-OH is 3. The van der Waals surface area contributed by atoms with E-state index in [-0.39, 0.29) is 19.8 Å². The molecule has 0 aromatic heterocycles. The molecular weight excluding hydrogens is 216 g/mol. The van der Waals surface area contributed by atoms with Crippen LogP contribution in [0.2, 0.25) is 0 Å². The number of hydrogen-bond acceptors (Lipinski definition) is 6. The third kappa shape index (κ3) is 23.5. The van der Waals surface area contributed by atoms with Crippen LogP contribution in [0.4, 0.5) is 0 Å². The summed E-state index contributed by atoms with van der Waals surface area (Å²) in [5.74, 6) is 0. The van der Waals surface area contributed by atoms with Crippen LogP contribution in [0.3, 0.4) is 0 Å². The molecule has 0 bridgehead atoms. The molecule has 0 saturated carbocycles. The summed E-state index contributed by atoms with van der Waals surface area (Å²) in [4.78, 5) is 0. The van der Waals surface area contributed by atoms with E-state index in [9.17, 15) is 0 Å². The summed E-state index contributed by atoms with van der Waals surface area (Å²) in [5.41, 5.74) is 0. The Labute approximate surface area is 96.8 Å². The molecule has 0 heterocycles. The van der Waals surface area contributed by atoms with E-state index in [1.165, 1.54) is 0 Å². The normalized spacial score (nSPS) is 9.75. The molecule has 0 amide bonds. The smallest absolute Gasteiger partial charge is 0.0701 e. The summed E-state index contributed by atoms with van der Waals surface area (Å²) in [5, 5.41) is 24.3. The van der Waals surface area contributed by atoms with Gasteiger partial charge in [0.15, 0.2) is 0 Å². The van der Waals surface area contributed by atoms with E-state index in [0.29, 0.717) is 39.6 Å². The van der Waals surface area contributed by atoms with Crippen molar-refractivity contribution >= 4 is 0 Å². The zero-order valence-corrected chi connectivity index (χ0v) is 9.93. The molecule has 0 aliphatic rings. The molecule has 0 atom stereocenters. The fourth-order valence-electron chi connectivity index (χ4n) is 0.671. The predicted molar refractivity (Wildman–Crippen MR) is 59.4 cm³/mol. The van der Waals surface area contributed by atoms with E-state index >= 15 is 0 Å². The second kappa shape index (κ2) is 20.2. The number of ether oxygens (including phenoxy) is 3. The van der Waals surface area contributed by atoms with Gasteiger partial charge in [-0.05, 0) is 6.92 Å². The first kappa shape index (κ1) is 18.1. The summed E-state index contributed by atoms with van der Waals surface area (Å²) in [6.07, 6.45) is 0. The van der Waals surface area contributed by atoms with Gasteiger partial charge in [-0.25, -0.2) is 0 Å². The van der Waals surface area contributed by atoms with Crippen molar-refractivity contribution in [1.29, 1.82) is 0 Å². The van der Waals surface area contributed by atoms with Gasteiger partial charge < -0.3 is 29.5 Å². The van der Waals surface area contributed by atoms with Gasteiger partial charge in [0.2, 0.25) is 0 Å². The van der Waals surface area contributed by atoms with Gasteiger partial charge in [-0.15, -0.1) is 0 Å². The Bertz CT molecular complexity index is 91.3. The molecular formula is C10H24O6. The summed E-state index contributed by atoms with van der Waals surface area (Å²) < 4.78 is 15.0. The third-order valence-electron chi connectivity index (χ3n) is 1.22. The fraction of sp³-hybridized carbons (Fsp3) is 1.00. The Morgan fingerprint density at radius 2 is 0.875 bits per heavy atom. The predicted octanol–water partition coefficient (Wildman–Crippen LogP) is -0.981. The molecule has 0 aliphatic carbocycles. The minimum absolute atomic E-state index is 0.0413. The van der Waals surface area contributed by atoms with Crippen LogP contribution in [0.5, 0.6) is 0 Å². The van der Waals surface area contributed by atoms with Gasteiger partial charge in [0.1, 0.15) is 0 Å². The Kier molecular flexibility index (Phi) is 22.9. The first-order valence-corrected chi connectivity index (χ1v) is 5.39. The summed E-state index contributed by atoms with van der Waals surface area (Å²) in [6, 6.07) is 0. The van der Waals surface area contributed by atoms with E-state index in [1.54, 1.807) is 6.92 Å². The molecule has 0 aliphatic heterocycles. The Morgan fingerprint density at radius 1 is 0.625 bits per heavy atom. The van der Waals surface area contributed by atoms with Gasteiger partial charge in [-0.1, -0.05) is 0 Å². The molecule has 0 aromatic rings. The minimum Gasteiger partial charge on any atom is -0.397 e. The molecule has 0 spiro atoms. The molecule has 16 heavy (non-hydrogen) atoms. The van der Waals surface area contributed by atoms with Crippen LogP contribution in [0.1, 0.15) is 6.92 Å². The average Bonchev–Trinajstić information content (AvgIpc) is 2.28. The topological polar surface area (TPSA) is 88.4 Å². The first-order chi connectivity index (χ1) is 7.83. The van der Waals surface area contributed by atoms with Crippen LogP contribution in [0.25, 0.3) is 0 Å². The standard InChI is InChI=1S/C8H18O5.C2H6O/c9-1-3-11-5-7-13-8-6-12-4-2-10;1-2-3/h9-10H,1-8H2;3H,2H2,1H3. The lowest BCUT2D eigenvalue weighted by Gasteiger charge is -2.04. The average molecular weight is 240 g/mol. The van der Waals surface area contributed by atoms with E-state index < -0.39 is 0 Å². The minimum atomic E-state index is 0.0413. The largest absolute Gasteiger partial charge is 0.397 e. The van der Waals surface area contributed by atoms with Gasteiger partial charge >= 0.3 is 0 Å². The zero-order chi connectivity index (χ0) is 12.5. The summed E-state index contributed by atoms with van der Waals surface area (Å²) >= 11 is 0. The van der Waals surface area contributed by atoms with Gasteiger partial charge in [-0.2, -0.15) is 0 Å². The third-order valence-corrected chi connectivity index (χ3v) is 1.22. The highest BCUT2D eigenvalue weighted by atomic mass is 16.5. The Hall–Kier alpha value is -0.240. The van der Waals surface area contributed by atoms with Crippen LogP contribution in [0, 0.1) is 0 Å². The highest BCUT2D eigenvalue weighted by Crippen LogP contribution is 1.80. The molecule has 0 aromatic carbocycles. The van der Waals surface area contributed by atoms with E-state index in [2.05, 4.69) is 0 Å². The number of aliphatic hydroxyl groups is 3. The maximum Gasteiger partial charge on any atom is 0.0701 e. The van der Waals surface area contributed by atoms with Crippen LogP contribution in [0.15, 0.2) is 0 Å². The fourth-order valence-corrected chi connectivity index (χ4v) is 0.671. The second-order valence-corrected chi connectivity index (χ2v) is 2.60. The molecule has 0 rings (SSSR count). The molecule has 0 radical (unpaired) electrons. The van der Waals surface area contributed by atoms with Crippen molar-refractivity contribution < 1.29 is 29.5 Å². The van der Waals surface area contributed by atoms with Crippen LogP contribution in [-0.2, 0) is 14.2 Å². The van der Waals surface area contributed by atoms with Gasteiger partial charge in [0.05, 0.1) is 52.9 Å². The lowest BCUT2D eigenvalue weighted by Crippen LogP contribution is -2.11. The van der Waals surface area contributed by atoms with E-state index in [4.69, 9.17) is 29.5 Å². The highest BCUT2D eigenvalue weighted by Gasteiger charge is 1.89. The van der Waals surface area contributed by atoms with Crippen molar-refractivity contribution in [2.24, 2.45) is 0 Å². The molecule has 6 heteroatoms. The quantitative estimate of drug-likeness (QED) is 0.425. The van der Waals surface area contributed by atoms with Crippen molar-refractivity contribution in [2.45, 2.75) is 6.92 Å². The number of hydrogen-bond donors (Lipinski definition) is 3. The molecule has 0 fully saturated rings. The number of rotatable bonds is 10. The molecule has 0 unspecified atom stereocenters. The van der Waals surface area contributed by atoms with Crippen molar-refractivity contribution in [2.75, 3.05) is 59.5 Å². The van der Waals surface area contributed by atoms with Crippen molar-refractivity contribution in [3.8, 4) is 0 Å². The van der Waals surface area contributed by atoms with Gasteiger partial charge in [0.25, 0.3) is 0 Å². The highest BCUT2D eigenvalue weighted by molar-refractivity contribution is 4.33. The molecule has 100 valence electrons. The monoisotopic (exact) mass is 240 g/mol. The van der Waals surface area contributed by atoms with Crippen molar-refractivity contribution in [3.63, 3.8) is 0 Å². The van der Waals surface area contributed by atoms with Gasteiger partial charge in [-0.3, -0.25) is 0 Å². The van der Waals surface area contributed by atoms with Crippen molar-refractivity contribution in [3.05, 3.63) is 0 Å². The maximum atomic E-state index is 8.36. The lowest BCUT2D eigenvalue weighted by atomic mass is 10.7. The van der Waals surface area contributed by atoms with Crippen molar-refractivity contribution in [1.82, 2.24) is 0 Å². The second-order valence-electron chi connectivity index (χ2n) is 2.60. The zero-order valence-electron chi connectivity index (χ0n) is 9.93. The van der Waals surface area contributed by atoms with Crippen LogP contribution >= 0.6 is 0 Å². The maximum absolute atomic E-state index is 8.36. The van der Waals surface area contributed by atoms with Crippen LogP contribution < -0.4 is 0 Å². The Balaban J connectivity index is 0. The van der Waals surface area contributed by atoms with Gasteiger partial charge in [0, 0.05) is 6.61 Å². The molecule has 6 nitrogen and oxygen atoms in total. The SMILES string of the molecule is CCO.OCCOCCOCCOCCO. The van der Waals surface area contributed by atoms with Crippen LogP contribution in [-0.4, -0.2) is 74.8 Å². The molecule has 3 N–H and O–H groups in total. The van der Waals surface area contributed by atoms with E-state index in [1.807, 2.05) is 0 Å². The summed E-state index contributed by atoms with van der Waals surface area (Å²) in [6.45, 7) is 4.69. The Morgan fingerprint density at radius 3 is 1.12 bits per heavy atom. The lowest BCUT2D eigenvalue weighted by molar-refractivity contribution is 0.00230. The first-order valence-electron chi connectivity index (χ1n) is 5.39.